The predicted molar refractivity (Wildman–Crippen MR) is 68.8 cm³/mol. The highest BCUT2D eigenvalue weighted by Gasteiger charge is 2.50. The van der Waals surface area contributed by atoms with E-state index in [0.29, 0.717) is 26.1 Å². The van der Waals surface area contributed by atoms with E-state index >= 15 is 0 Å². The predicted octanol–water partition coefficient (Wildman–Crippen LogP) is 2.52. The summed E-state index contributed by atoms with van der Waals surface area (Å²) < 4.78 is 5.33. The SMILES string of the molecule is Cc1ccccc1C(C)(O)C1(C#N)CCOCC1. The molecule has 1 aromatic rings. The smallest absolute Gasteiger partial charge is 0.106 e. The number of nitriles is 1. The van der Waals surface area contributed by atoms with Crippen molar-refractivity contribution in [3.63, 3.8) is 0 Å². The Hall–Kier alpha value is -1.37. The van der Waals surface area contributed by atoms with Crippen LogP contribution in [0.25, 0.3) is 0 Å². The number of rotatable bonds is 2. The summed E-state index contributed by atoms with van der Waals surface area (Å²) in [6.45, 7) is 4.79. The second-order valence-electron chi connectivity index (χ2n) is 5.19. The Morgan fingerprint density at radius 2 is 1.94 bits per heavy atom. The molecule has 1 aliphatic heterocycles. The van der Waals surface area contributed by atoms with E-state index in [4.69, 9.17) is 4.74 Å². The van der Waals surface area contributed by atoms with Crippen molar-refractivity contribution in [3.05, 3.63) is 35.4 Å². The molecule has 1 atom stereocenters. The topological polar surface area (TPSA) is 53.2 Å². The monoisotopic (exact) mass is 245 g/mol. The highest BCUT2D eigenvalue weighted by atomic mass is 16.5. The van der Waals surface area contributed by atoms with Crippen LogP contribution in [0.2, 0.25) is 0 Å². The van der Waals surface area contributed by atoms with Crippen LogP contribution in [0.1, 0.15) is 30.9 Å². The lowest BCUT2D eigenvalue weighted by atomic mass is 9.65. The first-order chi connectivity index (χ1) is 8.53. The van der Waals surface area contributed by atoms with Crippen molar-refractivity contribution in [1.29, 1.82) is 5.26 Å². The number of nitrogens with zero attached hydrogens (tertiary/aromatic N) is 1. The van der Waals surface area contributed by atoms with Gasteiger partial charge in [-0.15, -0.1) is 0 Å². The summed E-state index contributed by atoms with van der Waals surface area (Å²) in [5, 5.41) is 20.5. The zero-order chi connectivity index (χ0) is 13.2. The van der Waals surface area contributed by atoms with Crippen molar-refractivity contribution < 1.29 is 9.84 Å². The molecule has 3 heteroatoms. The van der Waals surface area contributed by atoms with E-state index in [2.05, 4.69) is 6.07 Å². The van der Waals surface area contributed by atoms with Gasteiger partial charge in [-0.1, -0.05) is 24.3 Å². The van der Waals surface area contributed by atoms with Gasteiger partial charge >= 0.3 is 0 Å². The largest absolute Gasteiger partial charge is 0.384 e. The number of aryl methyl sites for hydroxylation is 1. The Bertz CT molecular complexity index is 468. The molecule has 1 unspecified atom stereocenters. The highest BCUT2D eigenvalue weighted by molar-refractivity contribution is 5.35. The third kappa shape index (κ3) is 1.92. The first-order valence-electron chi connectivity index (χ1n) is 6.31. The molecule has 0 amide bonds. The first kappa shape index (κ1) is 13.1. The van der Waals surface area contributed by atoms with Crippen LogP contribution in [0.3, 0.4) is 0 Å². The third-order valence-electron chi connectivity index (χ3n) is 4.16. The lowest BCUT2D eigenvalue weighted by Gasteiger charge is -2.43. The molecule has 0 saturated carbocycles. The molecule has 3 nitrogen and oxygen atoms in total. The van der Waals surface area contributed by atoms with Gasteiger partial charge in [0.2, 0.25) is 0 Å². The number of hydrogen-bond donors (Lipinski definition) is 1. The molecular formula is C15H19NO2. The Morgan fingerprint density at radius 1 is 1.33 bits per heavy atom. The van der Waals surface area contributed by atoms with E-state index in [1.165, 1.54) is 0 Å². The van der Waals surface area contributed by atoms with Crippen molar-refractivity contribution in [1.82, 2.24) is 0 Å². The number of aliphatic hydroxyl groups is 1. The summed E-state index contributed by atoms with van der Waals surface area (Å²) in [7, 11) is 0. The first-order valence-corrected chi connectivity index (χ1v) is 6.31. The summed E-state index contributed by atoms with van der Waals surface area (Å²) >= 11 is 0. The molecule has 1 aromatic carbocycles. The number of benzene rings is 1. The molecule has 0 radical (unpaired) electrons. The molecule has 1 saturated heterocycles. The van der Waals surface area contributed by atoms with Crippen molar-refractivity contribution in [2.75, 3.05) is 13.2 Å². The van der Waals surface area contributed by atoms with Crippen LogP contribution in [0.4, 0.5) is 0 Å². The lowest BCUT2D eigenvalue weighted by Crippen LogP contribution is -2.46. The fourth-order valence-corrected chi connectivity index (χ4v) is 2.80. The number of ether oxygens (including phenoxy) is 1. The lowest BCUT2D eigenvalue weighted by molar-refractivity contribution is -0.0977. The van der Waals surface area contributed by atoms with Gasteiger partial charge in [0, 0.05) is 13.2 Å². The normalized spacial score (nSPS) is 21.9. The molecule has 1 aliphatic rings. The zero-order valence-electron chi connectivity index (χ0n) is 10.9. The highest BCUT2D eigenvalue weighted by Crippen LogP contribution is 2.47. The van der Waals surface area contributed by atoms with Crippen LogP contribution in [0.5, 0.6) is 0 Å². The molecule has 0 spiro atoms. The van der Waals surface area contributed by atoms with Crippen LogP contribution in [-0.2, 0) is 10.3 Å². The van der Waals surface area contributed by atoms with Crippen LogP contribution in [-0.4, -0.2) is 18.3 Å². The molecule has 1 heterocycles. The van der Waals surface area contributed by atoms with E-state index in [1.54, 1.807) is 6.92 Å². The van der Waals surface area contributed by atoms with Crippen LogP contribution < -0.4 is 0 Å². The minimum Gasteiger partial charge on any atom is -0.384 e. The Labute approximate surface area is 108 Å². The van der Waals surface area contributed by atoms with Crippen molar-refractivity contribution in [3.8, 4) is 6.07 Å². The molecular weight excluding hydrogens is 226 g/mol. The maximum atomic E-state index is 11.0. The summed E-state index contributed by atoms with van der Waals surface area (Å²) in [4.78, 5) is 0. The molecule has 0 bridgehead atoms. The summed E-state index contributed by atoms with van der Waals surface area (Å²) in [6.07, 6.45) is 1.15. The maximum absolute atomic E-state index is 11.0. The van der Waals surface area contributed by atoms with Gasteiger partial charge < -0.3 is 9.84 Å². The second-order valence-corrected chi connectivity index (χ2v) is 5.19. The standard InChI is InChI=1S/C15H19NO2/c1-12-5-3-4-6-13(12)14(2,17)15(11-16)7-9-18-10-8-15/h3-6,17H,7-10H2,1-2H3. The Balaban J connectivity index is 2.47. The average molecular weight is 245 g/mol. The minimum atomic E-state index is -1.14. The van der Waals surface area contributed by atoms with E-state index in [1.807, 2.05) is 31.2 Å². The van der Waals surface area contributed by atoms with Gasteiger partial charge in [-0.2, -0.15) is 5.26 Å². The van der Waals surface area contributed by atoms with Crippen molar-refractivity contribution in [2.45, 2.75) is 32.3 Å². The summed E-state index contributed by atoms with van der Waals surface area (Å²) in [5.41, 5.74) is -0.0362. The Morgan fingerprint density at radius 3 is 2.50 bits per heavy atom. The van der Waals surface area contributed by atoms with Crippen LogP contribution in [0, 0.1) is 23.7 Å². The van der Waals surface area contributed by atoms with Crippen molar-refractivity contribution in [2.24, 2.45) is 5.41 Å². The third-order valence-corrected chi connectivity index (χ3v) is 4.16. The second kappa shape index (κ2) is 4.72. The van der Waals surface area contributed by atoms with Gasteiger partial charge in [0.15, 0.2) is 0 Å². The van der Waals surface area contributed by atoms with Gasteiger partial charge in [0.1, 0.15) is 5.60 Å². The van der Waals surface area contributed by atoms with E-state index in [9.17, 15) is 10.4 Å². The molecule has 96 valence electrons. The zero-order valence-corrected chi connectivity index (χ0v) is 10.9. The fraction of sp³-hybridized carbons (Fsp3) is 0.533. The number of hydrogen-bond acceptors (Lipinski definition) is 3. The van der Waals surface area contributed by atoms with Crippen LogP contribution >= 0.6 is 0 Å². The molecule has 0 aliphatic carbocycles. The van der Waals surface area contributed by atoms with Crippen LogP contribution in [0.15, 0.2) is 24.3 Å². The van der Waals surface area contributed by atoms with E-state index in [-0.39, 0.29) is 0 Å². The summed E-state index contributed by atoms with van der Waals surface area (Å²) in [5.74, 6) is 0. The molecule has 0 aromatic heterocycles. The molecule has 2 rings (SSSR count). The van der Waals surface area contributed by atoms with Gasteiger partial charge in [-0.3, -0.25) is 0 Å². The maximum Gasteiger partial charge on any atom is 0.106 e. The van der Waals surface area contributed by atoms with Gasteiger partial charge in [0.05, 0.1) is 11.5 Å². The van der Waals surface area contributed by atoms with E-state index in [0.717, 1.165) is 11.1 Å². The molecule has 1 N–H and O–H groups in total. The fourth-order valence-electron chi connectivity index (χ4n) is 2.80. The molecule has 1 fully saturated rings. The summed E-state index contributed by atoms with van der Waals surface area (Å²) in [6, 6.07) is 10.1. The Kier molecular flexibility index (Phi) is 3.43. The minimum absolute atomic E-state index is 0.537. The van der Waals surface area contributed by atoms with E-state index < -0.39 is 11.0 Å². The molecule has 18 heavy (non-hydrogen) atoms. The van der Waals surface area contributed by atoms with Gasteiger partial charge in [-0.05, 0) is 37.8 Å². The quantitative estimate of drug-likeness (QED) is 0.871. The average Bonchev–Trinajstić information content (AvgIpc) is 2.39. The van der Waals surface area contributed by atoms with Crippen molar-refractivity contribution >= 4 is 0 Å². The van der Waals surface area contributed by atoms with Gasteiger partial charge in [-0.25, -0.2) is 0 Å². The van der Waals surface area contributed by atoms with Gasteiger partial charge in [0.25, 0.3) is 0 Å².